The maximum atomic E-state index is 11.9. The molecule has 0 aliphatic carbocycles. The first kappa shape index (κ1) is 16.2. The van der Waals surface area contributed by atoms with Gasteiger partial charge in [0.15, 0.2) is 0 Å². The van der Waals surface area contributed by atoms with E-state index in [4.69, 9.17) is 0 Å². The molecule has 0 bridgehead atoms. The standard InChI is InChI=1S/C15H22N2O3/c1-10(2)13(18)8-16-14(19)9-17-15(20)12-7-5-4-6-11(12)3/h4-7,10,13,18H,8-9H2,1-3H3,(H,16,19)(H,17,20). The molecular formula is C15H22N2O3. The van der Waals surface area contributed by atoms with E-state index in [1.807, 2.05) is 32.9 Å². The van der Waals surface area contributed by atoms with Gasteiger partial charge in [0.1, 0.15) is 0 Å². The minimum atomic E-state index is -0.578. The lowest BCUT2D eigenvalue weighted by Gasteiger charge is -2.15. The number of nitrogens with one attached hydrogen (secondary N) is 2. The molecule has 0 aromatic heterocycles. The van der Waals surface area contributed by atoms with E-state index in [9.17, 15) is 14.7 Å². The van der Waals surface area contributed by atoms with Crippen molar-refractivity contribution in [3.05, 3.63) is 35.4 Å². The summed E-state index contributed by atoms with van der Waals surface area (Å²) < 4.78 is 0. The van der Waals surface area contributed by atoms with Gasteiger partial charge in [-0.3, -0.25) is 9.59 Å². The highest BCUT2D eigenvalue weighted by molar-refractivity contribution is 5.97. The molecule has 0 aliphatic heterocycles. The van der Waals surface area contributed by atoms with Gasteiger partial charge in [-0.15, -0.1) is 0 Å². The van der Waals surface area contributed by atoms with Crippen LogP contribution in [0.2, 0.25) is 0 Å². The lowest BCUT2D eigenvalue weighted by atomic mass is 10.1. The number of carbonyl (C=O) groups excluding carboxylic acids is 2. The third-order valence-corrected chi connectivity index (χ3v) is 3.08. The Morgan fingerprint density at radius 1 is 1.20 bits per heavy atom. The van der Waals surface area contributed by atoms with Crippen LogP contribution < -0.4 is 10.6 Å². The molecule has 0 radical (unpaired) electrons. The number of aryl methyl sites for hydroxylation is 1. The smallest absolute Gasteiger partial charge is 0.251 e. The van der Waals surface area contributed by atoms with Crippen LogP contribution in [0.5, 0.6) is 0 Å². The van der Waals surface area contributed by atoms with E-state index in [-0.39, 0.29) is 30.8 Å². The minimum Gasteiger partial charge on any atom is -0.391 e. The first-order valence-electron chi connectivity index (χ1n) is 6.70. The molecule has 0 saturated heterocycles. The summed E-state index contributed by atoms with van der Waals surface area (Å²) in [6, 6.07) is 7.19. The highest BCUT2D eigenvalue weighted by Crippen LogP contribution is 2.06. The number of carbonyl (C=O) groups is 2. The zero-order valence-corrected chi connectivity index (χ0v) is 12.1. The van der Waals surface area contributed by atoms with Crippen LogP contribution in [0.3, 0.4) is 0 Å². The number of aliphatic hydroxyl groups excluding tert-OH is 1. The SMILES string of the molecule is Cc1ccccc1C(=O)NCC(=O)NCC(O)C(C)C. The molecule has 1 atom stereocenters. The molecule has 2 amide bonds. The van der Waals surface area contributed by atoms with E-state index in [2.05, 4.69) is 10.6 Å². The van der Waals surface area contributed by atoms with Gasteiger partial charge in [0.25, 0.3) is 5.91 Å². The van der Waals surface area contributed by atoms with E-state index >= 15 is 0 Å². The topological polar surface area (TPSA) is 78.4 Å². The van der Waals surface area contributed by atoms with Crippen LogP contribution in [0.4, 0.5) is 0 Å². The molecule has 5 nitrogen and oxygen atoms in total. The second kappa shape index (κ2) is 7.65. The molecule has 0 fully saturated rings. The molecule has 0 spiro atoms. The summed E-state index contributed by atoms with van der Waals surface area (Å²) in [5, 5.41) is 14.7. The molecule has 1 aromatic carbocycles. The van der Waals surface area contributed by atoms with Crippen molar-refractivity contribution in [2.24, 2.45) is 5.92 Å². The van der Waals surface area contributed by atoms with Gasteiger partial charge in [0.2, 0.25) is 5.91 Å². The molecule has 20 heavy (non-hydrogen) atoms. The number of aliphatic hydroxyl groups is 1. The van der Waals surface area contributed by atoms with Gasteiger partial charge in [-0.05, 0) is 24.5 Å². The summed E-state index contributed by atoms with van der Waals surface area (Å²) in [5.41, 5.74) is 1.42. The lowest BCUT2D eigenvalue weighted by molar-refractivity contribution is -0.120. The van der Waals surface area contributed by atoms with E-state index in [1.165, 1.54) is 0 Å². The van der Waals surface area contributed by atoms with Crippen LogP contribution in [0.1, 0.15) is 29.8 Å². The first-order chi connectivity index (χ1) is 9.41. The van der Waals surface area contributed by atoms with Crippen molar-refractivity contribution in [1.29, 1.82) is 0 Å². The fourth-order valence-electron chi connectivity index (χ4n) is 1.60. The molecular weight excluding hydrogens is 256 g/mol. The summed E-state index contributed by atoms with van der Waals surface area (Å²) in [6.07, 6.45) is -0.578. The Morgan fingerprint density at radius 3 is 2.45 bits per heavy atom. The van der Waals surface area contributed by atoms with Crippen LogP contribution in [0, 0.1) is 12.8 Å². The Hall–Kier alpha value is -1.88. The monoisotopic (exact) mass is 278 g/mol. The van der Waals surface area contributed by atoms with Crippen molar-refractivity contribution < 1.29 is 14.7 Å². The van der Waals surface area contributed by atoms with Gasteiger partial charge in [-0.1, -0.05) is 32.0 Å². The van der Waals surface area contributed by atoms with Crippen LogP contribution in [-0.4, -0.2) is 36.1 Å². The second-order valence-corrected chi connectivity index (χ2v) is 5.11. The van der Waals surface area contributed by atoms with Gasteiger partial charge in [0.05, 0.1) is 12.6 Å². The normalized spacial score (nSPS) is 12.1. The van der Waals surface area contributed by atoms with E-state index in [0.29, 0.717) is 5.56 Å². The van der Waals surface area contributed by atoms with E-state index < -0.39 is 6.10 Å². The zero-order valence-electron chi connectivity index (χ0n) is 12.1. The van der Waals surface area contributed by atoms with Crippen molar-refractivity contribution in [3.8, 4) is 0 Å². The van der Waals surface area contributed by atoms with Crippen molar-refractivity contribution in [3.63, 3.8) is 0 Å². The summed E-state index contributed by atoms with van der Waals surface area (Å²) in [5.74, 6) is -0.508. The number of benzene rings is 1. The number of hydrogen-bond donors (Lipinski definition) is 3. The maximum absolute atomic E-state index is 11.9. The fourth-order valence-corrected chi connectivity index (χ4v) is 1.60. The molecule has 5 heteroatoms. The fraction of sp³-hybridized carbons (Fsp3) is 0.467. The molecule has 0 aliphatic rings. The molecule has 3 N–H and O–H groups in total. The Kier molecular flexibility index (Phi) is 6.18. The predicted octanol–water partition coefficient (Wildman–Crippen LogP) is 0.858. The molecule has 1 unspecified atom stereocenters. The van der Waals surface area contributed by atoms with Crippen molar-refractivity contribution in [2.45, 2.75) is 26.9 Å². The summed E-state index contributed by atoms with van der Waals surface area (Å²) in [7, 11) is 0. The average molecular weight is 278 g/mol. The van der Waals surface area contributed by atoms with Gasteiger partial charge < -0.3 is 15.7 Å². The van der Waals surface area contributed by atoms with Crippen molar-refractivity contribution in [2.75, 3.05) is 13.1 Å². The Labute approximate surface area is 119 Å². The highest BCUT2D eigenvalue weighted by atomic mass is 16.3. The highest BCUT2D eigenvalue weighted by Gasteiger charge is 2.12. The third-order valence-electron chi connectivity index (χ3n) is 3.08. The third kappa shape index (κ3) is 5.01. The molecule has 110 valence electrons. The second-order valence-electron chi connectivity index (χ2n) is 5.11. The number of rotatable bonds is 6. The maximum Gasteiger partial charge on any atom is 0.251 e. The molecule has 0 heterocycles. The number of amides is 2. The van der Waals surface area contributed by atoms with E-state index in [0.717, 1.165) is 5.56 Å². The summed E-state index contributed by atoms with van der Waals surface area (Å²) >= 11 is 0. The van der Waals surface area contributed by atoms with Gasteiger partial charge in [-0.25, -0.2) is 0 Å². The summed E-state index contributed by atoms with van der Waals surface area (Å²) in [4.78, 5) is 23.4. The Morgan fingerprint density at radius 2 is 1.85 bits per heavy atom. The van der Waals surface area contributed by atoms with Crippen LogP contribution >= 0.6 is 0 Å². The van der Waals surface area contributed by atoms with E-state index in [1.54, 1.807) is 12.1 Å². The predicted molar refractivity (Wildman–Crippen MR) is 77.4 cm³/mol. The Bertz CT molecular complexity index is 472. The van der Waals surface area contributed by atoms with Gasteiger partial charge in [0, 0.05) is 12.1 Å². The lowest BCUT2D eigenvalue weighted by Crippen LogP contribution is -2.41. The van der Waals surface area contributed by atoms with Crippen LogP contribution in [-0.2, 0) is 4.79 Å². The van der Waals surface area contributed by atoms with Crippen LogP contribution in [0.15, 0.2) is 24.3 Å². The minimum absolute atomic E-state index is 0.0804. The number of hydrogen-bond acceptors (Lipinski definition) is 3. The van der Waals surface area contributed by atoms with Gasteiger partial charge in [-0.2, -0.15) is 0 Å². The largest absolute Gasteiger partial charge is 0.391 e. The summed E-state index contributed by atoms with van der Waals surface area (Å²) in [6.45, 7) is 5.68. The van der Waals surface area contributed by atoms with Crippen molar-refractivity contribution in [1.82, 2.24) is 10.6 Å². The van der Waals surface area contributed by atoms with Crippen LogP contribution in [0.25, 0.3) is 0 Å². The Balaban J connectivity index is 2.38. The first-order valence-corrected chi connectivity index (χ1v) is 6.70. The molecule has 1 rings (SSSR count). The molecule has 0 saturated carbocycles. The van der Waals surface area contributed by atoms with Crippen molar-refractivity contribution >= 4 is 11.8 Å². The average Bonchev–Trinajstić information content (AvgIpc) is 2.42. The molecule has 1 aromatic rings. The van der Waals surface area contributed by atoms with Gasteiger partial charge >= 0.3 is 0 Å². The quantitative estimate of drug-likeness (QED) is 0.722. The zero-order chi connectivity index (χ0) is 15.1.